The van der Waals surface area contributed by atoms with E-state index in [1.165, 1.54) is 0 Å². The quantitative estimate of drug-likeness (QED) is 0.234. The highest BCUT2D eigenvalue weighted by Gasteiger charge is 2.38. The zero-order valence-corrected chi connectivity index (χ0v) is 24.4. The summed E-state index contributed by atoms with van der Waals surface area (Å²) in [5.74, 6) is -0.186. The van der Waals surface area contributed by atoms with Gasteiger partial charge in [-0.3, -0.25) is 14.6 Å². The second-order valence-electron chi connectivity index (χ2n) is 9.77. The van der Waals surface area contributed by atoms with Gasteiger partial charge in [0.25, 0.3) is 5.91 Å². The summed E-state index contributed by atoms with van der Waals surface area (Å²) in [5.41, 5.74) is 4.33. The molecule has 216 valence electrons. The molecule has 4 heterocycles. The second-order valence-corrected chi connectivity index (χ2v) is 10.2. The van der Waals surface area contributed by atoms with Crippen molar-refractivity contribution in [2.75, 3.05) is 25.1 Å². The molecule has 1 atom stereocenters. The van der Waals surface area contributed by atoms with Crippen molar-refractivity contribution in [2.45, 2.75) is 33.2 Å². The van der Waals surface area contributed by atoms with Crippen LogP contribution < -0.4 is 16.0 Å². The number of imidazole rings is 1. The number of dihydropyridines is 1. The summed E-state index contributed by atoms with van der Waals surface area (Å²) in [4.78, 5) is 40.3. The summed E-state index contributed by atoms with van der Waals surface area (Å²) in [5, 5.41) is 9.52. The number of likely N-dealkylation sites (N-methyl/N-ethyl adjacent to an activating group) is 1. The molecule has 0 saturated heterocycles. The van der Waals surface area contributed by atoms with E-state index < -0.39 is 5.92 Å². The van der Waals surface area contributed by atoms with Crippen LogP contribution in [-0.2, 0) is 20.9 Å². The lowest BCUT2D eigenvalue weighted by Crippen LogP contribution is -2.39. The maximum Gasteiger partial charge on any atom is 0.255 e. The van der Waals surface area contributed by atoms with Crippen molar-refractivity contribution in [2.24, 2.45) is 0 Å². The van der Waals surface area contributed by atoms with E-state index in [4.69, 9.17) is 16.3 Å². The number of aryl methyl sites for hydroxylation is 1. The molecule has 0 bridgehead atoms. The van der Waals surface area contributed by atoms with Crippen LogP contribution in [0.5, 0.6) is 0 Å². The monoisotopic (exact) mass is 585 g/mol. The molecule has 1 aromatic carbocycles. The average molecular weight is 586 g/mol. The molecule has 1 aliphatic heterocycles. The van der Waals surface area contributed by atoms with Gasteiger partial charge in [-0.15, -0.1) is 0 Å². The molecule has 42 heavy (non-hydrogen) atoms. The maximum atomic E-state index is 13.7. The highest BCUT2D eigenvalue weighted by molar-refractivity contribution is 6.31. The molecule has 0 radical (unpaired) electrons. The number of benzene rings is 1. The molecule has 5 rings (SSSR count). The third kappa shape index (κ3) is 6.05. The van der Waals surface area contributed by atoms with Gasteiger partial charge in [-0.05, 0) is 50.6 Å². The molecule has 10 nitrogen and oxygen atoms in total. The van der Waals surface area contributed by atoms with Crippen LogP contribution in [0.1, 0.15) is 31.2 Å². The number of anilines is 1. The third-order valence-electron chi connectivity index (χ3n) is 7.04. The van der Waals surface area contributed by atoms with Gasteiger partial charge in [0.2, 0.25) is 5.91 Å². The van der Waals surface area contributed by atoms with E-state index in [1.807, 2.05) is 38.1 Å². The Bertz CT molecular complexity index is 1680. The first-order valence-corrected chi connectivity index (χ1v) is 14.1. The lowest BCUT2D eigenvalue weighted by molar-refractivity contribution is -0.117. The molecule has 1 unspecified atom stereocenters. The summed E-state index contributed by atoms with van der Waals surface area (Å²) in [7, 11) is 0. The van der Waals surface area contributed by atoms with Crippen molar-refractivity contribution >= 4 is 40.3 Å². The number of nitrogens with zero attached hydrogens (tertiary/aromatic N) is 4. The zero-order valence-electron chi connectivity index (χ0n) is 23.6. The Labute approximate surface area is 248 Å². The van der Waals surface area contributed by atoms with Crippen molar-refractivity contribution in [1.82, 2.24) is 30.2 Å². The smallest absolute Gasteiger partial charge is 0.255 e. The number of carbonyl (C=O) groups excluding carboxylic acids is 2. The number of nitrogens with one attached hydrogen (secondary N) is 3. The summed E-state index contributed by atoms with van der Waals surface area (Å²) < 4.78 is 8.20. The number of carbonyl (C=O) groups is 2. The first-order chi connectivity index (χ1) is 20.4. The van der Waals surface area contributed by atoms with E-state index in [1.54, 1.807) is 49.8 Å². The van der Waals surface area contributed by atoms with Crippen LogP contribution in [-0.4, -0.2) is 51.1 Å². The van der Waals surface area contributed by atoms with Crippen LogP contribution in [0, 0.1) is 6.92 Å². The fourth-order valence-corrected chi connectivity index (χ4v) is 5.44. The minimum absolute atomic E-state index is 0.118. The van der Waals surface area contributed by atoms with Gasteiger partial charge < -0.3 is 25.3 Å². The molecular weight excluding hydrogens is 554 g/mol. The Kier molecular flexibility index (Phi) is 8.94. The van der Waals surface area contributed by atoms with Crippen LogP contribution in [0.25, 0.3) is 11.0 Å². The second kappa shape index (κ2) is 13.0. The topological polar surface area (TPSA) is 123 Å². The molecule has 0 aliphatic carbocycles. The molecule has 3 aromatic heterocycles. The first kappa shape index (κ1) is 29.0. The fourth-order valence-electron chi connectivity index (χ4n) is 5.19. The van der Waals surface area contributed by atoms with Gasteiger partial charge in [0.05, 0.1) is 36.2 Å². The molecule has 1 aliphatic rings. The van der Waals surface area contributed by atoms with Crippen LogP contribution in [0.4, 0.5) is 5.82 Å². The number of allylic oxidation sites excluding steroid dienone is 1. The fraction of sp³-hybridized carbons (Fsp3) is 0.258. The molecule has 4 aromatic rings. The van der Waals surface area contributed by atoms with Gasteiger partial charge in [-0.25, -0.2) is 9.97 Å². The number of hydrogen-bond acceptors (Lipinski definition) is 7. The van der Waals surface area contributed by atoms with Crippen molar-refractivity contribution in [3.63, 3.8) is 0 Å². The van der Waals surface area contributed by atoms with Crippen LogP contribution in [0.3, 0.4) is 0 Å². The SMILES string of the molecule is CCNC(=O)C1=C(COCCn2c(C)nc3cnccc32)NC(C)=C(C(=O)Nc2ccccn2)C1c1ccccc1Cl. The van der Waals surface area contributed by atoms with Crippen molar-refractivity contribution in [3.8, 4) is 0 Å². The average Bonchev–Trinajstić information content (AvgIpc) is 3.30. The van der Waals surface area contributed by atoms with E-state index in [0.29, 0.717) is 58.6 Å². The first-order valence-electron chi connectivity index (χ1n) is 13.7. The molecular formula is C31H32ClN7O3. The lowest BCUT2D eigenvalue weighted by atomic mass is 9.79. The minimum Gasteiger partial charge on any atom is -0.373 e. The summed E-state index contributed by atoms with van der Waals surface area (Å²) in [6.45, 7) is 7.06. The number of ether oxygens (including phenoxy) is 1. The normalized spacial score (nSPS) is 15.1. The van der Waals surface area contributed by atoms with E-state index in [-0.39, 0.29) is 18.4 Å². The number of aromatic nitrogens is 4. The number of rotatable bonds is 10. The predicted molar refractivity (Wildman–Crippen MR) is 162 cm³/mol. The predicted octanol–water partition coefficient (Wildman–Crippen LogP) is 4.49. The van der Waals surface area contributed by atoms with Crippen LogP contribution in [0.15, 0.2) is 89.7 Å². The molecule has 2 amide bonds. The molecule has 0 saturated carbocycles. The maximum absolute atomic E-state index is 13.7. The lowest BCUT2D eigenvalue weighted by Gasteiger charge is -2.32. The molecule has 3 N–H and O–H groups in total. The van der Waals surface area contributed by atoms with Crippen LogP contribution >= 0.6 is 11.6 Å². The van der Waals surface area contributed by atoms with Gasteiger partial charge in [-0.1, -0.05) is 35.9 Å². The van der Waals surface area contributed by atoms with E-state index in [0.717, 1.165) is 16.9 Å². The number of fused-ring (bicyclic) bond motifs is 1. The largest absolute Gasteiger partial charge is 0.373 e. The Morgan fingerprint density at radius 3 is 2.62 bits per heavy atom. The van der Waals surface area contributed by atoms with Crippen molar-refractivity contribution in [1.29, 1.82) is 0 Å². The van der Waals surface area contributed by atoms with Crippen molar-refractivity contribution in [3.05, 3.63) is 106 Å². The number of halogens is 1. The number of amides is 2. The Morgan fingerprint density at radius 2 is 1.86 bits per heavy atom. The highest BCUT2D eigenvalue weighted by Crippen LogP contribution is 2.41. The minimum atomic E-state index is -0.749. The molecule has 0 fully saturated rings. The highest BCUT2D eigenvalue weighted by atomic mass is 35.5. The number of hydrogen-bond donors (Lipinski definition) is 3. The molecule has 11 heteroatoms. The summed E-state index contributed by atoms with van der Waals surface area (Å²) in [6, 6.07) is 14.4. The zero-order chi connectivity index (χ0) is 29.6. The van der Waals surface area contributed by atoms with Crippen molar-refractivity contribution < 1.29 is 14.3 Å². The number of pyridine rings is 2. The summed E-state index contributed by atoms with van der Waals surface area (Å²) >= 11 is 6.69. The van der Waals surface area contributed by atoms with E-state index >= 15 is 0 Å². The van der Waals surface area contributed by atoms with Gasteiger partial charge in [-0.2, -0.15) is 0 Å². The van der Waals surface area contributed by atoms with Gasteiger partial charge >= 0.3 is 0 Å². The Morgan fingerprint density at radius 1 is 1.05 bits per heavy atom. The standard InChI is InChI=1S/C31H32ClN7O3/c1-4-34-30(40)29-24(18-42-16-15-39-20(3)37-23-17-33-14-12-25(23)39)36-19(2)27(28(29)21-9-5-6-10-22(21)32)31(41)38-26-11-7-8-13-35-26/h5-14,17,28,36H,4,15-16,18H2,1-3H3,(H,34,40)(H,35,38,41). The van der Waals surface area contributed by atoms with Gasteiger partial charge in [0, 0.05) is 47.7 Å². The Balaban J connectivity index is 1.47. The van der Waals surface area contributed by atoms with Gasteiger partial charge in [0.15, 0.2) is 0 Å². The third-order valence-corrected chi connectivity index (χ3v) is 7.39. The summed E-state index contributed by atoms with van der Waals surface area (Å²) in [6.07, 6.45) is 5.07. The van der Waals surface area contributed by atoms with E-state index in [2.05, 4.69) is 35.5 Å². The Hall–Kier alpha value is -4.54. The van der Waals surface area contributed by atoms with Gasteiger partial charge in [0.1, 0.15) is 17.2 Å². The molecule has 0 spiro atoms. The van der Waals surface area contributed by atoms with E-state index in [9.17, 15) is 9.59 Å². The van der Waals surface area contributed by atoms with Crippen LogP contribution in [0.2, 0.25) is 5.02 Å².